The van der Waals surface area contributed by atoms with Crippen LogP contribution < -0.4 is 10.7 Å². The van der Waals surface area contributed by atoms with Crippen LogP contribution in [0.25, 0.3) is 10.9 Å². The quantitative estimate of drug-likeness (QED) is 0.653. The van der Waals surface area contributed by atoms with Gasteiger partial charge in [-0.2, -0.15) is 5.21 Å². The lowest BCUT2D eigenvalue weighted by Crippen LogP contribution is -2.31. The summed E-state index contributed by atoms with van der Waals surface area (Å²) in [6.07, 6.45) is 1.61. The van der Waals surface area contributed by atoms with Crippen LogP contribution in [0.2, 0.25) is 0 Å². The molecule has 8 heteroatoms. The van der Waals surface area contributed by atoms with Gasteiger partial charge in [0.05, 0.1) is 11.1 Å². The van der Waals surface area contributed by atoms with Gasteiger partial charge in [-0.25, -0.2) is 0 Å². The molecule has 0 atom stereocenters. The molecule has 4 rings (SSSR count). The van der Waals surface area contributed by atoms with Gasteiger partial charge in [0, 0.05) is 6.54 Å². The molecule has 8 nitrogen and oxygen atoms in total. The monoisotopic (exact) mass is 296 g/mol. The molecule has 1 aromatic carbocycles. The van der Waals surface area contributed by atoms with E-state index in [1.807, 2.05) is 6.07 Å². The molecule has 22 heavy (non-hydrogen) atoms. The summed E-state index contributed by atoms with van der Waals surface area (Å²) in [5.41, 5.74) is 0.581. The molecule has 0 amide bonds. The van der Waals surface area contributed by atoms with Crippen molar-refractivity contribution in [2.45, 2.75) is 19.4 Å². The molecule has 1 N–H and O–H groups in total. The first-order chi connectivity index (χ1) is 10.7. The number of carbonyl (C=O) groups excluding carboxylic acids is 1. The second-order valence-electron chi connectivity index (χ2n) is 5.14. The molecular weight excluding hydrogens is 286 g/mol. The summed E-state index contributed by atoms with van der Waals surface area (Å²) in [7, 11) is 0. The number of rotatable bonds is 2. The number of carbonyl (C=O) groups is 1. The minimum atomic E-state index is -0.801. The lowest BCUT2D eigenvalue weighted by molar-refractivity contribution is -0.266. The molecule has 0 saturated heterocycles. The van der Waals surface area contributed by atoms with E-state index >= 15 is 0 Å². The van der Waals surface area contributed by atoms with E-state index in [0.717, 1.165) is 18.4 Å². The third kappa shape index (κ3) is 1.60. The number of benzene rings is 1. The molecular formula is C14H10N5O3-. The molecule has 3 aromatic rings. The Balaban J connectivity index is 2.09. The second-order valence-corrected chi connectivity index (χ2v) is 5.14. The van der Waals surface area contributed by atoms with Gasteiger partial charge in [0.15, 0.2) is 0 Å². The maximum atomic E-state index is 12.6. The van der Waals surface area contributed by atoms with Gasteiger partial charge in [0.1, 0.15) is 0 Å². The van der Waals surface area contributed by atoms with E-state index in [-0.39, 0.29) is 5.82 Å². The Morgan fingerprint density at radius 3 is 3.00 bits per heavy atom. The van der Waals surface area contributed by atoms with E-state index in [1.165, 1.54) is 4.57 Å². The third-order valence-corrected chi connectivity index (χ3v) is 3.92. The summed E-state index contributed by atoms with van der Waals surface area (Å²) in [5.74, 6) is -1.66. The molecule has 0 aliphatic carbocycles. The molecule has 0 saturated carbocycles. The number of nitrogens with zero attached hydrogens (tertiary/aromatic N) is 4. The number of para-hydroxylation sites is 1. The molecule has 1 aliphatic heterocycles. The first-order valence-corrected chi connectivity index (χ1v) is 6.82. The van der Waals surface area contributed by atoms with E-state index in [0.29, 0.717) is 17.4 Å². The Kier molecular flexibility index (Phi) is 2.59. The summed E-state index contributed by atoms with van der Waals surface area (Å²) >= 11 is 0. The summed E-state index contributed by atoms with van der Waals surface area (Å²) in [4.78, 5) is 25.0. The average molecular weight is 296 g/mol. The molecule has 2 aromatic heterocycles. The molecule has 0 bridgehead atoms. The van der Waals surface area contributed by atoms with Gasteiger partial charge >= 0.3 is 0 Å². The molecule has 110 valence electrons. The van der Waals surface area contributed by atoms with E-state index in [1.54, 1.807) is 12.1 Å². The van der Waals surface area contributed by atoms with Crippen molar-refractivity contribution in [1.82, 2.24) is 25.2 Å². The fraction of sp³-hybridized carbons (Fsp3) is 0.214. The number of pyridine rings is 1. The minimum absolute atomic E-state index is 0.284. The Hall–Kier alpha value is -3.03. The van der Waals surface area contributed by atoms with E-state index < -0.39 is 22.7 Å². The fourth-order valence-corrected chi connectivity index (χ4v) is 2.97. The van der Waals surface area contributed by atoms with Gasteiger partial charge in [0.25, 0.3) is 5.56 Å². The van der Waals surface area contributed by atoms with Gasteiger partial charge in [-0.05, 0) is 29.0 Å². The number of tetrazole rings is 1. The summed E-state index contributed by atoms with van der Waals surface area (Å²) < 4.78 is 1.50. The van der Waals surface area contributed by atoms with Crippen LogP contribution in [0.3, 0.4) is 0 Å². The number of aromatic nitrogens is 5. The van der Waals surface area contributed by atoms with Crippen LogP contribution in [0.4, 0.5) is 0 Å². The highest BCUT2D eigenvalue weighted by Gasteiger charge is 2.24. The summed E-state index contributed by atoms with van der Waals surface area (Å²) in [6, 6.07) is 5.30. The zero-order valence-corrected chi connectivity index (χ0v) is 11.4. The third-order valence-electron chi connectivity index (χ3n) is 3.92. The second kappa shape index (κ2) is 4.48. The first kappa shape index (κ1) is 12.7. The number of aromatic amines is 1. The lowest BCUT2D eigenvalue weighted by Gasteiger charge is -2.24. The maximum absolute atomic E-state index is 12.6. The Bertz CT molecular complexity index is 959. The van der Waals surface area contributed by atoms with Crippen molar-refractivity contribution in [2.24, 2.45) is 0 Å². The van der Waals surface area contributed by atoms with Crippen LogP contribution in [-0.2, 0) is 13.0 Å². The van der Waals surface area contributed by atoms with Crippen LogP contribution in [0.1, 0.15) is 28.2 Å². The van der Waals surface area contributed by atoms with Crippen molar-refractivity contribution >= 4 is 16.7 Å². The van der Waals surface area contributed by atoms with Gasteiger partial charge in [-0.15, -0.1) is 10.2 Å². The lowest BCUT2D eigenvalue weighted by atomic mass is 9.98. The number of hydrogen-bond donors (Lipinski definition) is 1. The predicted octanol–water partition coefficient (Wildman–Crippen LogP) is -0.235. The number of aryl methyl sites for hydroxylation is 2. The van der Waals surface area contributed by atoms with Crippen molar-refractivity contribution in [1.29, 1.82) is 0 Å². The number of nitrogens with one attached hydrogen (secondary N) is 1. The molecule has 1 aliphatic rings. The van der Waals surface area contributed by atoms with Crippen molar-refractivity contribution in [3.8, 4) is 5.75 Å². The predicted molar refractivity (Wildman–Crippen MR) is 73.6 cm³/mol. The van der Waals surface area contributed by atoms with Gasteiger partial charge < -0.3 is 9.67 Å². The zero-order valence-electron chi connectivity index (χ0n) is 11.4. The number of H-pyrrole nitrogens is 1. The average Bonchev–Trinajstić information content (AvgIpc) is 3.07. The zero-order chi connectivity index (χ0) is 15.3. The normalized spacial score (nSPS) is 13.5. The van der Waals surface area contributed by atoms with Crippen LogP contribution in [-0.4, -0.2) is 31.0 Å². The van der Waals surface area contributed by atoms with Crippen molar-refractivity contribution in [2.75, 3.05) is 0 Å². The highest BCUT2D eigenvalue weighted by atomic mass is 16.3. The minimum Gasteiger partial charge on any atom is -0.871 e. The Labute approximate surface area is 123 Å². The standard InChI is InChI=1S/C14H11N5O3/c20-11-8-5-1-3-7-4-2-6-19(10(7)8)14(22)9(11)12(21)13-15-17-18-16-13/h1,3,5,20H,2,4,6H2,(H,15,16,17,18)/p-1. The van der Waals surface area contributed by atoms with Crippen LogP contribution in [0.5, 0.6) is 5.75 Å². The van der Waals surface area contributed by atoms with Gasteiger partial charge in [0.2, 0.25) is 11.6 Å². The topological polar surface area (TPSA) is 117 Å². The van der Waals surface area contributed by atoms with E-state index in [9.17, 15) is 14.7 Å². The first-order valence-electron chi connectivity index (χ1n) is 6.82. The largest absolute Gasteiger partial charge is 0.871 e. The Morgan fingerprint density at radius 1 is 1.36 bits per heavy atom. The molecule has 0 unspecified atom stereocenters. The van der Waals surface area contributed by atoms with E-state index in [4.69, 9.17) is 0 Å². The van der Waals surface area contributed by atoms with Crippen molar-refractivity contribution in [3.05, 3.63) is 45.5 Å². The molecule has 3 heterocycles. The van der Waals surface area contributed by atoms with E-state index in [2.05, 4.69) is 20.6 Å². The highest BCUT2D eigenvalue weighted by Crippen LogP contribution is 2.30. The summed E-state index contributed by atoms with van der Waals surface area (Å²) in [5, 5.41) is 25.5. The van der Waals surface area contributed by atoms with Crippen molar-refractivity contribution < 1.29 is 9.90 Å². The van der Waals surface area contributed by atoms with Gasteiger partial charge in [-0.3, -0.25) is 9.59 Å². The molecule has 0 radical (unpaired) electrons. The number of ketones is 1. The smallest absolute Gasteiger partial charge is 0.261 e. The number of hydrogen-bond acceptors (Lipinski definition) is 6. The fourth-order valence-electron chi connectivity index (χ4n) is 2.97. The van der Waals surface area contributed by atoms with Crippen LogP contribution in [0.15, 0.2) is 23.0 Å². The summed E-state index contributed by atoms with van der Waals surface area (Å²) in [6.45, 7) is 0.485. The van der Waals surface area contributed by atoms with Gasteiger partial charge in [-0.1, -0.05) is 23.9 Å². The SMILES string of the molecule is O=C(c1nn[nH]n1)c1c([O-])c2cccc3c2n(c1=O)CCC3. The van der Waals surface area contributed by atoms with Crippen LogP contribution >= 0.6 is 0 Å². The highest BCUT2D eigenvalue weighted by molar-refractivity contribution is 6.10. The van der Waals surface area contributed by atoms with Crippen LogP contribution in [0, 0.1) is 0 Å². The molecule has 0 spiro atoms. The van der Waals surface area contributed by atoms with Crippen molar-refractivity contribution in [3.63, 3.8) is 0 Å². The maximum Gasteiger partial charge on any atom is 0.261 e. The molecule has 0 fully saturated rings. The Morgan fingerprint density at radius 2 is 2.23 bits per heavy atom.